The molecule has 0 bridgehead atoms. The molecule has 1 aromatic heterocycles. The minimum Gasteiger partial charge on any atom is -0.494 e. The van der Waals surface area contributed by atoms with E-state index in [1.807, 2.05) is 25.1 Å². The Hall–Kier alpha value is -3.36. The van der Waals surface area contributed by atoms with E-state index < -0.39 is 17.8 Å². The molecule has 1 saturated heterocycles. The van der Waals surface area contributed by atoms with Crippen LogP contribution in [-0.2, 0) is 17.5 Å². The highest BCUT2D eigenvalue weighted by Gasteiger charge is 2.36. The number of amides is 1. The fourth-order valence-corrected chi connectivity index (χ4v) is 3.61. The third-order valence-electron chi connectivity index (χ3n) is 5.07. The molecule has 162 valence electrons. The second kappa shape index (κ2) is 8.41. The molecule has 1 aliphatic rings. The topological polar surface area (TPSA) is 68.5 Å². The van der Waals surface area contributed by atoms with Gasteiger partial charge in [0.2, 0.25) is 17.6 Å². The van der Waals surface area contributed by atoms with Gasteiger partial charge in [0.15, 0.2) is 0 Å². The van der Waals surface area contributed by atoms with Crippen LogP contribution in [0.1, 0.15) is 42.8 Å². The number of halogens is 3. The Labute approximate surface area is 176 Å². The molecule has 0 spiro atoms. The number of benzene rings is 2. The van der Waals surface area contributed by atoms with Crippen LogP contribution in [0.25, 0.3) is 11.4 Å². The average Bonchev–Trinajstić information content (AvgIpc) is 3.36. The van der Waals surface area contributed by atoms with Crippen molar-refractivity contribution in [3.63, 3.8) is 0 Å². The van der Waals surface area contributed by atoms with Crippen molar-refractivity contribution in [2.24, 2.45) is 0 Å². The number of alkyl halides is 3. The molecule has 1 fully saturated rings. The van der Waals surface area contributed by atoms with Gasteiger partial charge in [0.25, 0.3) is 0 Å². The van der Waals surface area contributed by atoms with Crippen LogP contribution >= 0.6 is 0 Å². The average molecular weight is 431 g/mol. The van der Waals surface area contributed by atoms with Crippen LogP contribution in [0.15, 0.2) is 53.1 Å². The molecule has 0 N–H and O–H groups in total. The maximum atomic E-state index is 13.0. The first-order chi connectivity index (χ1) is 14.8. The predicted octanol–water partition coefficient (Wildman–Crippen LogP) is 5.02. The van der Waals surface area contributed by atoms with Crippen LogP contribution in [0.2, 0.25) is 0 Å². The fourth-order valence-electron chi connectivity index (χ4n) is 3.61. The van der Waals surface area contributed by atoms with Gasteiger partial charge < -0.3 is 14.2 Å². The molecule has 0 saturated carbocycles. The number of nitrogens with zero attached hydrogens (tertiary/aromatic N) is 3. The second-order valence-electron chi connectivity index (χ2n) is 7.19. The number of hydrogen-bond donors (Lipinski definition) is 0. The zero-order chi connectivity index (χ0) is 22.0. The summed E-state index contributed by atoms with van der Waals surface area (Å²) >= 11 is 0. The van der Waals surface area contributed by atoms with E-state index in [2.05, 4.69) is 10.1 Å². The lowest BCUT2D eigenvalue weighted by Gasteiger charge is -2.22. The summed E-state index contributed by atoms with van der Waals surface area (Å²) in [6, 6.07) is 11.7. The summed E-state index contributed by atoms with van der Waals surface area (Å²) in [6.07, 6.45) is -3.72. The molecule has 3 aromatic rings. The van der Waals surface area contributed by atoms with Crippen molar-refractivity contribution in [3.8, 4) is 17.1 Å². The normalized spacial score (nSPS) is 16.7. The van der Waals surface area contributed by atoms with E-state index in [1.54, 1.807) is 12.1 Å². The van der Waals surface area contributed by atoms with Gasteiger partial charge in [0.1, 0.15) is 11.8 Å². The molecule has 9 heteroatoms. The Morgan fingerprint density at radius 1 is 1.19 bits per heavy atom. The highest BCUT2D eigenvalue weighted by molar-refractivity contribution is 5.78. The van der Waals surface area contributed by atoms with Gasteiger partial charge in [-0.15, -0.1) is 0 Å². The van der Waals surface area contributed by atoms with Gasteiger partial charge in [-0.05, 0) is 43.2 Å². The van der Waals surface area contributed by atoms with E-state index in [0.717, 1.165) is 12.1 Å². The number of likely N-dealkylation sites (tertiary alicyclic amines) is 1. The third kappa shape index (κ3) is 4.55. The molecule has 1 amide bonds. The highest BCUT2D eigenvalue weighted by Crippen LogP contribution is 2.35. The summed E-state index contributed by atoms with van der Waals surface area (Å²) < 4.78 is 50.0. The van der Waals surface area contributed by atoms with Gasteiger partial charge in [0, 0.05) is 18.5 Å². The van der Waals surface area contributed by atoms with Crippen LogP contribution in [-0.4, -0.2) is 27.6 Å². The molecule has 0 radical (unpaired) electrons. The Bertz CT molecular complexity index is 1080. The van der Waals surface area contributed by atoms with Crippen molar-refractivity contribution in [1.29, 1.82) is 0 Å². The van der Waals surface area contributed by atoms with E-state index in [0.29, 0.717) is 35.7 Å². The minimum atomic E-state index is -4.44. The SMILES string of the molecule is CCOc1cccc(-c2noc(C3CCC(=O)N3Cc3cccc(C(F)(F)F)c3)n2)c1. The number of carbonyl (C=O) groups is 1. The van der Waals surface area contributed by atoms with Gasteiger partial charge in [-0.2, -0.15) is 18.2 Å². The summed E-state index contributed by atoms with van der Waals surface area (Å²) in [4.78, 5) is 18.4. The maximum absolute atomic E-state index is 13.0. The number of hydrogen-bond acceptors (Lipinski definition) is 5. The summed E-state index contributed by atoms with van der Waals surface area (Å²) in [6.45, 7) is 2.44. The van der Waals surface area contributed by atoms with Gasteiger partial charge in [-0.1, -0.05) is 29.4 Å². The molecule has 6 nitrogen and oxygen atoms in total. The van der Waals surface area contributed by atoms with Gasteiger partial charge >= 0.3 is 6.18 Å². The van der Waals surface area contributed by atoms with E-state index >= 15 is 0 Å². The quantitative estimate of drug-likeness (QED) is 0.548. The van der Waals surface area contributed by atoms with E-state index in [1.165, 1.54) is 11.0 Å². The second-order valence-corrected chi connectivity index (χ2v) is 7.19. The van der Waals surface area contributed by atoms with Crippen molar-refractivity contribution < 1.29 is 27.2 Å². The van der Waals surface area contributed by atoms with Gasteiger partial charge in [-0.25, -0.2) is 0 Å². The van der Waals surface area contributed by atoms with Crippen molar-refractivity contribution in [2.45, 2.75) is 38.5 Å². The number of rotatable bonds is 6. The molecule has 1 unspecified atom stereocenters. The van der Waals surface area contributed by atoms with Crippen LogP contribution in [0.3, 0.4) is 0 Å². The first kappa shape index (κ1) is 20.9. The molecule has 0 aliphatic carbocycles. The van der Waals surface area contributed by atoms with Gasteiger partial charge in [-0.3, -0.25) is 4.79 Å². The van der Waals surface area contributed by atoms with Crippen LogP contribution in [0.5, 0.6) is 5.75 Å². The standard InChI is InChI=1S/C22H20F3N3O3/c1-2-30-17-8-4-6-15(12-17)20-26-21(31-27-20)18-9-10-19(29)28(18)13-14-5-3-7-16(11-14)22(23,24)25/h3-8,11-12,18H,2,9-10,13H2,1H3. The maximum Gasteiger partial charge on any atom is 0.416 e. The molecule has 2 aromatic carbocycles. The van der Waals surface area contributed by atoms with E-state index in [9.17, 15) is 18.0 Å². The Balaban J connectivity index is 1.56. The monoisotopic (exact) mass is 431 g/mol. The predicted molar refractivity (Wildman–Crippen MR) is 105 cm³/mol. The first-order valence-electron chi connectivity index (χ1n) is 9.87. The lowest BCUT2D eigenvalue weighted by Crippen LogP contribution is -2.27. The van der Waals surface area contributed by atoms with Crippen molar-refractivity contribution in [2.75, 3.05) is 6.61 Å². The Morgan fingerprint density at radius 3 is 2.77 bits per heavy atom. The lowest BCUT2D eigenvalue weighted by atomic mass is 10.1. The van der Waals surface area contributed by atoms with Crippen LogP contribution in [0.4, 0.5) is 13.2 Å². The molecule has 31 heavy (non-hydrogen) atoms. The number of carbonyl (C=O) groups excluding carboxylic acids is 1. The lowest BCUT2D eigenvalue weighted by molar-refractivity contribution is -0.137. The Morgan fingerprint density at radius 2 is 2.00 bits per heavy atom. The van der Waals surface area contributed by atoms with Crippen molar-refractivity contribution in [3.05, 3.63) is 65.5 Å². The summed E-state index contributed by atoms with van der Waals surface area (Å²) in [5.41, 5.74) is 0.344. The molecule has 1 aliphatic heterocycles. The van der Waals surface area contributed by atoms with E-state index in [-0.39, 0.29) is 24.8 Å². The molecule has 2 heterocycles. The zero-order valence-corrected chi connectivity index (χ0v) is 16.7. The smallest absolute Gasteiger partial charge is 0.416 e. The van der Waals surface area contributed by atoms with E-state index in [4.69, 9.17) is 9.26 Å². The zero-order valence-electron chi connectivity index (χ0n) is 16.7. The third-order valence-corrected chi connectivity index (χ3v) is 5.07. The number of ether oxygens (including phenoxy) is 1. The fraction of sp³-hybridized carbons (Fsp3) is 0.318. The van der Waals surface area contributed by atoms with Crippen LogP contribution in [0, 0.1) is 0 Å². The molecule has 1 atom stereocenters. The largest absolute Gasteiger partial charge is 0.494 e. The summed E-state index contributed by atoms with van der Waals surface area (Å²) in [5.74, 6) is 1.12. The van der Waals surface area contributed by atoms with Crippen molar-refractivity contribution in [1.82, 2.24) is 15.0 Å². The highest BCUT2D eigenvalue weighted by atomic mass is 19.4. The molecule has 4 rings (SSSR count). The molecular weight excluding hydrogens is 411 g/mol. The summed E-state index contributed by atoms with van der Waals surface area (Å²) in [5, 5.41) is 4.02. The summed E-state index contributed by atoms with van der Waals surface area (Å²) in [7, 11) is 0. The Kier molecular flexibility index (Phi) is 5.67. The minimum absolute atomic E-state index is 0.0327. The van der Waals surface area contributed by atoms with Crippen molar-refractivity contribution >= 4 is 5.91 Å². The molecular formula is C22H20F3N3O3. The first-order valence-corrected chi connectivity index (χ1v) is 9.87. The van der Waals surface area contributed by atoms with Crippen LogP contribution < -0.4 is 4.74 Å². The van der Waals surface area contributed by atoms with Gasteiger partial charge in [0.05, 0.1) is 12.2 Å². The number of aromatic nitrogens is 2.